The minimum atomic E-state index is 0. The molecule has 0 atom stereocenters. The molecule has 0 saturated heterocycles. The topological polar surface area (TPSA) is 0 Å². The predicted octanol–water partition coefficient (Wildman–Crippen LogP) is 9.02. The van der Waals surface area contributed by atoms with Gasteiger partial charge in [0.2, 0.25) is 0 Å². The van der Waals surface area contributed by atoms with Crippen molar-refractivity contribution in [3.63, 3.8) is 0 Å². The van der Waals surface area contributed by atoms with E-state index >= 15 is 0 Å². The molecule has 0 unspecified atom stereocenters. The summed E-state index contributed by atoms with van der Waals surface area (Å²) in [5.74, 6) is 3.05. The second-order valence-electron chi connectivity index (χ2n) is 16.1. The van der Waals surface area contributed by atoms with Crippen LogP contribution in [0, 0.1) is 12.8 Å². The van der Waals surface area contributed by atoms with Gasteiger partial charge >= 0.3 is 41.9 Å². The Bertz CT molecular complexity index is 2010. The van der Waals surface area contributed by atoms with Crippen LogP contribution in [0.2, 0.25) is 13.1 Å². The van der Waals surface area contributed by atoms with Crippen LogP contribution in [0.25, 0.3) is 43.8 Å². The van der Waals surface area contributed by atoms with Crippen molar-refractivity contribution in [1.82, 2.24) is 0 Å². The molecule has 278 valence electrons. The van der Waals surface area contributed by atoms with Crippen molar-refractivity contribution < 1.29 is 48.1 Å². The average Bonchev–Trinajstić information content (AvgIpc) is 3.76. The Kier molecular flexibility index (Phi) is 16.9. The van der Waals surface area contributed by atoms with Crippen LogP contribution in [0.5, 0.6) is 0 Å². The maximum absolute atomic E-state index is 2.47. The van der Waals surface area contributed by atoms with Gasteiger partial charge in [-0.3, -0.25) is 0 Å². The number of rotatable bonds is 5. The Hall–Kier alpha value is -2.22. The molecule has 2 fully saturated rings. The fourth-order valence-electron chi connectivity index (χ4n) is 8.39. The molecule has 0 N–H and O–H groups in total. The fraction of sp³-hybridized carbons (Fsp3) is 0.388. The molecule has 2 aliphatic carbocycles. The van der Waals surface area contributed by atoms with Gasteiger partial charge in [-0.25, -0.2) is 0 Å². The van der Waals surface area contributed by atoms with Crippen LogP contribution in [0.4, 0.5) is 0 Å². The molecule has 4 heteroatoms. The van der Waals surface area contributed by atoms with Crippen molar-refractivity contribution in [2.45, 2.75) is 116 Å². The average molecular weight is 837 g/mol. The van der Waals surface area contributed by atoms with Crippen LogP contribution in [0.1, 0.15) is 119 Å². The van der Waals surface area contributed by atoms with Crippen molar-refractivity contribution in [2.24, 2.45) is 5.92 Å². The molecule has 0 radical (unpaired) electrons. The number of benzene rings is 4. The number of hydrogen-bond acceptors (Lipinski definition) is 0. The quantitative estimate of drug-likeness (QED) is 0.120. The van der Waals surface area contributed by atoms with Crippen molar-refractivity contribution in [1.29, 1.82) is 0 Å². The zero-order chi connectivity index (χ0) is 35.9. The van der Waals surface area contributed by atoms with Gasteiger partial charge in [-0.2, -0.15) is 12.1 Å². The second kappa shape index (κ2) is 20.6. The van der Waals surface area contributed by atoms with Crippen LogP contribution in [-0.4, -0.2) is 5.43 Å². The van der Waals surface area contributed by atoms with Gasteiger partial charge in [0.1, 0.15) is 0 Å². The van der Waals surface area contributed by atoms with E-state index in [1.807, 2.05) is 0 Å². The van der Waals surface area contributed by atoms with Crippen LogP contribution in [0.15, 0.2) is 109 Å². The molecule has 6 aromatic carbocycles. The van der Waals surface area contributed by atoms with E-state index in [-0.39, 0.29) is 30.2 Å². The first-order chi connectivity index (χ1) is 24.7. The van der Waals surface area contributed by atoms with Gasteiger partial charge in [0.05, 0.1) is 0 Å². The van der Waals surface area contributed by atoms with E-state index in [0.717, 1.165) is 17.8 Å². The summed E-state index contributed by atoms with van der Waals surface area (Å²) in [5, 5.41) is 5.56. The van der Waals surface area contributed by atoms with E-state index in [1.165, 1.54) is 118 Å². The van der Waals surface area contributed by atoms with E-state index in [1.54, 1.807) is 28.9 Å². The second-order valence-corrected chi connectivity index (χ2v) is 25.5. The summed E-state index contributed by atoms with van der Waals surface area (Å²) >= 11 is 1.74. The Labute approximate surface area is 348 Å². The first-order valence-corrected chi connectivity index (χ1v) is 25.9. The fourth-order valence-corrected chi connectivity index (χ4v) is 8.39. The molecular weight excluding hydrogens is 779 g/mol. The number of fused-ring (bicyclic) bond motifs is 2. The van der Waals surface area contributed by atoms with Crippen molar-refractivity contribution in [3.8, 4) is 22.3 Å². The van der Waals surface area contributed by atoms with Gasteiger partial charge in [0, 0.05) is 0 Å². The first kappa shape index (κ1) is 43.5. The maximum Gasteiger partial charge on any atom is -0.0162 e. The summed E-state index contributed by atoms with van der Waals surface area (Å²) in [6.07, 6.45) is 12.5. The molecule has 6 aromatic rings. The molecule has 8 rings (SSSR count). The summed E-state index contributed by atoms with van der Waals surface area (Å²) in [4.78, 5) is 0. The minimum Gasteiger partial charge on any atom is -1.00 e. The summed E-state index contributed by atoms with van der Waals surface area (Å²) < 4.78 is 0. The molecule has 2 aliphatic rings. The third-order valence-electron chi connectivity index (χ3n) is 11.3. The van der Waals surface area contributed by atoms with E-state index in [9.17, 15) is 0 Å². The van der Waals surface area contributed by atoms with Crippen LogP contribution in [-0.2, 0) is 23.3 Å². The zero-order valence-electron chi connectivity index (χ0n) is 32.8. The van der Waals surface area contributed by atoms with Gasteiger partial charge < -0.3 is 24.8 Å². The van der Waals surface area contributed by atoms with E-state index in [2.05, 4.69) is 150 Å². The number of aryl methyl sites for hydroxylation is 1. The molecule has 2 saturated carbocycles. The Morgan fingerprint density at radius 2 is 1.13 bits per heavy atom. The van der Waals surface area contributed by atoms with Crippen molar-refractivity contribution in [3.05, 3.63) is 131 Å². The smallest absolute Gasteiger partial charge is 0.0162 e. The monoisotopic (exact) mass is 834 g/mol. The van der Waals surface area contributed by atoms with Gasteiger partial charge in [-0.05, 0) is 71.6 Å². The zero-order valence-corrected chi connectivity index (χ0v) is 37.8. The van der Waals surface area contributed by atoms with Crippen LogP contribution < -0.4 is 24.8 Å². The van der Waals surface area contributed by atoms with E-state index in [0.29, 0.717) is 5.92 Å². The molecule has 0 amide bonds. The van der Waals surface area contributed by atoms with Gasteiger partial charge in [-0.15, -0.1) is 69.1 Å². The molecular formula is C49H58Cl2SiZr-2. The largest absolute Gasteiger partial charge is 1.00 e. The van der Waals surface area contributed by atoms with E-state index < -0.39 is 0 Å². The third-order valence-corrected chi connectivity index (χ3v) is 11.3. The standard InChI is InChI=1S/C25H29.C22H23.C2H6Si.2ClH.Zr/c1-17(2)19-11-13-21(14-12-19)24-6-4-5-22-15-23(16-25(22)24)20-9-7-18(3)8-10-20;1-16-14-20-8-5-9-21(22(20)15-16)19-12-10-18(11-13-19)17-6-3-2-4-7-17;1-3-2;;;/h4-6,11-18,20H,7-10H2,1-3H3;5,8-15,17H,2-4,6-7H2,1H3;1-2H3;2*1H;/q2*-1;;;;+2/p-2. The molecule has 0 aliphatic heterocycles. The molecule has 0 nitrogen and oxygen atoms in total. The molecule has 0 spiro atoms. The molecule has 53 heavy (non-hydrogen) atoms. The Morgan fingerprint density at radius 3 is 1.68 bits per heavy atom. The Morgan fingerprint density at radius 1 is 0.623 bits per heavy atom. The first-order valence-electron chi connectivity index (χ1n) is 19.7. The predicted molar refractivity (Wildman–Crippen MR) is 222 cm³/mol. The van der Waals surface area contributed by atoms with Gasteiger partial charge in [0.25, 0.3) is 0 Å². The van der Waals surface area contributed by atoms with Gasteiger partial charge in [0.15, 0.2) is 0 Å². The SMILES string of the molecule is CC1CCC(c2cc3c(-c4ccc(C(C)C)cc4)cccc3[cH-]2)CC1.C[Si](C)=[Zr+2].Cc1cc2c(-c3ccc(C4CCCCC4)cc3)cccc2[cH-]1.[Cl-].[Cl-]. The van der Waals surface area contributed by atoms with Crippen molar-refractivity contribution in [2.75, 3.05) is 0 Å². The number of hydrogen-bond donors (Lipinski definition) is 0. The van der Waals surface area contributed by atoms with Crippen LogP contribution >= 0.6 is 0 Å². The van der Waals surface area contributed by atoms with Gasteiger partial charge in [-0.1, -0.05) is 132 Å². The maximum atomic E-state index is 2.47. The summed E-state index contributed by atoms with van der Waals surface area (Å²) in [7, 11) is 0. The third kappa shape index (κ3) is 11.4. The normalized spacial score (nSPS) is 17.2. The summed E-state index contributed by atoms with van der Waals surface area (Å²) in [6, 6.07) is 41.4. The number of halogens is 2. The Balaban J connectivity index is 0.000000209. The minimum absolute atomic E-state index is 0. The summed E-state index contributed by atoms with van der Waals surface area (Å²) in [5.41, 5.74) is 11.5. The van der Waals surface area contributed by atoms with Crippen molar-refractivity contribution >= 4 is 27.0 Å². The van der Waals surface area contributed by atoms with E-state index in [4.69, 9.17) is 0 Å². The summed E-state index contributed by atoms with van der Waals surface area (Å²) in [6.45, 7) is 13.7. The molecule has 0 bridgehead atoms. The molecule has 0 heterocycles. The molecule has 0 aromatic heterocycles. The van der Waals surface area contributed by atoms with Crippen LogP contribution in [0.3, 0.4) is 0 Å².